The predicted molar refractivity (Wildman–Crippen MR) is 145 cm³/mol. The fourth-order valence-corrected chi connectivity index (χ4v) is 5.51. The minimum atomic E-state index is -0.682. The van der Waals surface area contributed by atoms with E-state index in [1.807, 2.05) is 48.5 Å². The van der Waals surface area contributed by atoms with Gasteiger partial charge in [-0.1, -0.05) is 51.5 Å². The van der Waals surface area contributed by atoms with Crippen LogP contribution in [0.1, 0.15) is 31.2 Å². The van der Waals surface area contributed by atoms with Gasteiger partial charge in [-0.2, -0.15) is 0 Å². The summed E-state index contributed by atoms with van der Waals surface area (Å²) in [7, 11) is 1.59. The Hall–Kier alpha value is -3.69. The molecule has 4 aromatic rings. The molecule has 2 aromatic heterocycles. The molecular weight excluding hydrogens is 556 g/mol. The van der Waals surface area contributed by atoms with Gasteiger partial charge in [0, 0.05) is 16.1 Å². The Kier molecular flexibility index (Phi) is 6.99. The van der Waals surface area contributed by atoms with E-state index in [2.05, 4.69) is 20.9 Å². The van der Waals surface area contributed by atoms with Gasteiger partial charge in [0.1, 0.15) is 17.3 Å². The maximum atomic E-state index is 13.7. The summed E-state index contributed by atoms with van der Waals surface area (Å²) < 4.78 is 19.6. The van der Waals surface area contributed by atoms with E-state index in [1.54, 1.807) is 43.7 Å². The fraction of sp³-hybridized carbons (Fsp3) is 0.179. The number of ether oxygens (including phenoxy) is 2. The van der Waals surface area contributed by atoms with Gasteiger partial charge in [-0.3, -0.25) is 9.36 Å². The van der Waals surface area contributed by atoms with Gasteiger partial charge in [-0.05, 0) is 55.8 Å². The molecule has 0 saturated carbocycles. The largest absolute Gasteiger partial charge is 0.497 e. The normalized spacial score (nSPS) is 15.4. The van der Waals surface area contributed by atoms with Crippen molar-refractivity contribution in [3.8, 4) is 17.1 Å². The number of allylic oxidation sites excluding steroid dienone is 1. The second-order valence-electron chi connectivity index (χ2n) is 8.28. The summed E-state index contributed by atoms with van der Waals surface area (Å²) in [6, 6.07) is 18.1. The molecule has 2 aromatic carbocycles. The van der Waals surface area contributed by atoms with E-state index in [-0.39, 0.29) is 12.2 Å². The molecule has 0 fully saturated rings. The number of carbonyl (C=O) groups excluding carboxylic acids is 1. The Balaban J connectivity index is 1.62. The van der Waals surface area contributed by atoms with Gasteiger partial charge in [0.05, 0.1) is 35.6 Å². The van der Waals surface area contributed by atoms with Crippen molar-refractivity contribution in [1.29, 1.82) is 0 Å². The summed E-state index contributed by atoms with van der Waals surface area (Å²) in [5.74, 6) is 1.42. The number of aromatic nitrogens is 1. The third-order valence-electron chi connectivity index (χ3n) is 5.98. The van der Waals surface area contributed by atoms with E-state index in [9.17, 15) is 9.59 Å². The summed E-state index contributed by atoms with van der Waals surface area (Å²) in [6.07, 6.45) is 1.71. The van der Waals surface area contributed by atoms with E-state index in [0.29, 0.717) is 37.9 Å². The number of benzene rings is 2. The Labute approximate surface area is 225 Å². The zero-order valence-electron chi connectivity index (χ0n) is 20.4. The lowest BCUT2D eigenvalue weighted by Crippen LogP contribution is -2.39. The Morgan fingerprint density at radius 3 is 2.54 bits per heavy atom. The molecule has 0 bridgehead atoms. The highest BCUT2D eigenvalue weighted by atomic mass is 79.9. The van der Waals surface area contributed by atoms with Crippen molar-refractivity contribution < 1.29 is 18.7 Å². The molecule has 1 aliphatic heterocycles. The quantitative estimate of drug-likeness (QED) is 0.306. The molecule has 0 amide bonds. The van der Waals surface area contributed by atoms with Crippen LogP contribution in [-0.2, 0) is 9.53 Å². The number of hydrogen-bond donors (Lipinski definition) is 0. The first-order valence-corrected chi connectivity index (χ1v) is 13.2. The third kappa shape index (κ3) is 4.84. The average molecular weight is 579 g/mol. The lowest BCUT2D eigenvalue weighted by Gasteiger charge is -2.24. The number of hydrogen-bond acceptors (Lipinski definition) is 7. The van der Waals surface area contributed by atoms with Crippen LogP contribution < -0.4 is 19.6 Å². The average Bonchev–Trinajstić information content (AvgIpc) is 3.48. The van der Waals surface area contributed by atoms with Crippen LogP contribution in [0.5, 0.6) is 5.75 Å². The number of thiazole rings is 1. The van der Waals surface area contributed by atoms with Crippen LogP contribution in [0.2, 0.25) is 0 Å². The van der Waals surface area contributed by atoms with Gasteiger partial charge < -0.3 is 13.9 Å². The number of fused-ring (bicyclic) bond motifs is 1. The second kappa shape index (κ2) is 10.4. The first kappa shape index (κ1) is 25.0. The van der Waals surface area contributed by atoms with E-state index in [0.717, 1.165) is 15.6 Å². The summed E-state index contributed by atoms with van der Waals surface area (Å²) >= 11 is 4.69. The Morgan fingerprint density at radius 1 is 1.14 bits per heavy atom. The lowest BCUT2D eigenvalue weighted by atomic mass is 9.96. The van der Waals surface area contributed by atoms with Gasteiger partial charge >= 0.3 is 5.97 Å². The van der Waals surface area contributed by atoms with Crippen LogP contribution in [0.25, 0.3) is 17.4 Å². The number of rotatable bonds is 6. The van der Waals surface area contributed by atoms with Crippen LogP contribution in [-0.4, -0.2) is 24.3 Å². The third-order valence-corrected chi connectivity index (χ3v) is 7.49. The maximum Gasteiger partial charge on any atom is 0.338 e. The topological polar surface area (TPSA) is 83.0 Å². The van der Waals surface area contributed by atoms with E-state index >= 15 is 0 Å². The minimum Gasteiger partial charge on any atom is -0.497 e. The molecule has 7 nitrogen and oxygen atoms in total. The maximum absolute atomic E-state index is 13.7. The molecule has 9 heteroatoms. The molecule has 1 unspecified atom stereocenters. The molecule has 0 aliphatic carbocycles. The zero-order valence-corrected chi connectivity index (χ0v) is 22.8. The number of carbonyl (C=O) groups is 1. The molecule has 5 rings (SSSR count). The van der Waals surface area contributed by atoms with Crippen LogP contribution in [0.4, 0.5) is 0 Å². The van der Waals surface area contributed by atoms with Crippen molar-refractivity contribution >= 4 is 39.3 Å². The first-order valence-electron chi connectivity index (χ1n) is 11.6. The van der Waals surface area contributed by atoms with E-state index in [1.165, 1.54) is 11.3 Å². The highest BCUT2D eigenvalue weighted by Gasteiger charge is 2.33. The lowest BCUT2D eigenvalue weighted by molar-refractivity contribution is -0.139. The van der Waals surface area contributed by atoms with Crippen LogP contribution in [0.3, 0.4) is 0 Å². The molecule has 0 radical (unpaired) electrons. The number of esters is 1. The fourth-order valence-electron chi connectivity index (χ4n) is 4.22. The van der Waals surface area contributed by atoms with Crippen molar-refractivity contribution in [3.05, 3.63) is 107 Å². The zero-order chi connectivity index (χ0) is 26.1. The van der Waals surface area contributed by atoms with Gasteiger partial charge in [0.25, 0.3) is 5.56 Å². The van der Waals surface area contributed by atoms with Crippen molar-refractivity contribution in [2.75, 3.05) is 13.7 Å². The van der Waals surface area contributed by atoms with Crippen LogP contribution >= 0.6 is 27.3 Å². The minimum absolute atomic E-state index is 0.217. The summed E-state index contributed by atoms with van der Waals surface area (Å²) in [5, 5.41) is 0. The second-order valence-corrected chi connectivity index (χ2v) is 10.2. The van der Waals surface area contributed by atoms with Crippen LogP contribution in [0.15, 0.2) is 90.6 Å². The number of halogens is 1. The molecule has 0 saturated heterocycles. The van der Waals surface area contributed by atoms with E-state index < -0.39 is 12.0 Å². The Morgan fingerprint density at radius 2 is 1.86 bits per heavy atom. The van der Waals surface area contributed by atoms with E-state index in [4.69, 9.17) is 13.9 Å². The molecule has 1 atom stereocenters. The number of methoxy groups -OCH3 is 1. The first-order chi connectivity index (χ1) is 17.9. The number of furan rings is 1. The molecule has 37 heavy (non-hydrogen) atoms. The highest BCUT2D eigenvalue weighted by Crippen LogP contribution is 2.31. The van der Waals surface area contributed by atoms with Gasteiger partial charge in [-0.15, -0.1) is 0 Å². The van der Waals surface area contributed by atoms with Crippen molar-refractivity contribution in [2.45, 2.75) is 19.9 Å². The monoisotopic (exact) mass is 578 g/mol. The van der Waals surface area contributed by atoms with Crippen molar-refractivity contribution in [1.82, 2.24) is 4.57 Å². The highest BCUT2D eigenvalue weighted by molar-refractivity contribution is 9.10. The van der Waals surface area contributed by atoms with Gasteiger partial charge in [-0.25, -0.2) is 9.79 Å². The van der Waals surface area contributed by atoms with Crippen molar-refractivity contribution in [3.63, 3.8) is 0 Å². The molecule has 0 N–H and O–H groups in total. The predicted octanol–water partition coefficient (Wildman–Crippen LogP) is 4.83. The van der Waals surface area contributed by atoms with Gasteiger partial charge in [0.2, 0.25) is 0 Å². The SMILES string of the molecule is CCOC(=O)C1=C(C)N=c2sc(=Cc3ccc(-c4ccc(Br)cc4)o3)c(=O)n2C1c1ccc(OC)cc1. The molecule has 188 valence electrons. The summed E-state index contributed by atoms with van der Waals surface area (Å²) in [5.41, 5.74) is 2.27. The molecule has 3 heterocycles. The van der Waals surface area contributed by atoms with Gasteiger partial charge in [0.15, 0.2) is 4.80 Å². The van der Waals surface area contributed by atoms with Crippen molar-refractivity contribution in [2.24, 2.45) is 4.99 Å². The molecule has 0 spiro atoms. The summed E-state index contributed by atoms with van der Waals surface area (Å²) in [4.78, 5) is 31.8. The molecular formula is C28H23BrN2O5S. The number of nitrogens with zero attached hydrogens (tertiary/aromatic N) is 2. The van der Waals surface area contributed by atoms with Crippen LogP contribution in [0, 0.1) is 0 Å². The smallest absolute Gasteiger partial charge is 0.338 e. The molecule has 1 aliphatic rings. The Bertz CT molecular complexity index is 1680. The standard InChI is InChI=1S/C28H23BrN2O5S/c1-4-35-27(33)24-16(2)30-28-31(25(24)18-7-11-20(34-3)12-8-18)26(32)23(37-28)15-21-13-14-22(36-21)17-5-9-19(29)10-6-17/h5-15,25H,4H2,1-3H3. The summed E-state index contributed by atoms with van der Waals surface area (Å²) in [6.45, 7) is 3.72.